The molecule has 2 rings (SSSR count). The van der Waals surface area contributed by atoms with Gasteiger partial charge < -0.3 is 15.0 Å². The molecule has 0 spiro atoms. The molecule has 0 amide bonds. The molecule has 1 N–H and O–H groups in total. The summed E-state index contributed by atoms with van der Waals surface area (Å²) in [6.45, 7) is 5.74. The number of ether oxygens (including phenoxy) is 1. The van der Waals surface area contributed by atoms with Crippen LogP contribution in [0.15, 0.2) is 24.3 Å². The van der Waals surface area contributed by atoms with Crippen LogP contribution < -0.4 is 10.1 Å². The standard InChI is InChI=1S/C16H26N2O/c1-12-11-15(9-10-18(12)3)17-13(2)14-5-7-16(19-4)8-6-14/h5-8,12-13,15,17H,9-11H2,1-4H3/t12?,13-,15?/m1/s1. The maximum atomic E-state index is 5.20. The van der Waals surface area contributed by atoms with E-state index in [1.54, 1.807) is 7.11 Å². The van der Waals surface area contributed by atoms with E-state index in [1.165, 1.54) is 24.9 Å². The van der Waals surface area contributed by atoms with E-state index in [-0.39, 0.29) is 0 Å². The molecular formula is C16H26N2O. The molecule has 0 aromatic heterocycles. The van der Waals surface area contributed by atoms with Crippen molar-refractivity contribution in [3.8, 4) is 5.75 Å². The molecule has 0 aliphatic carbocycles. The summed E-state index contributed by atoms with van der Waals surface area (Å²) in [4.78, 5) is 2.44. The van der Waals surface area contributed by atoms with Crippen molar-refractivity contribution in [1.82, 2.24) is 10.2 Å². The Labute approximate surface area is 116 Å². The second kappa shape index (κ2) is 6.40. The van der Waals surface area contributed by atoms with Crippen molar-refractivity contribution in [2.45, 2.75) is 44.8 Å². The lowest BCUT2D eigenvalue weighted by Gasteiger charge is -2.36. The van der Waals surface area contributed by atoms with Gasteiger partial charge in [-0.1, -0.05) is 12.1 Å². The first kappa shape index (κ1) is 14.4. The lowest BCUT2D eigenvalue weighted by Crippen LogP contribution is -2.46. The van der Waals surface area contributed by atoms with Crippen LogP contribution in [0.1, 0.15) is 38.3 Å². The number of nitrogens with one attached hydrogen (secondary N) is 1. The van der Waals surface area contributed by atoms with Gasteiger partial charge in [0, 0.05) is 18.1 Å². The zero-order chi connectivity index (χ0) is 13.8. The van der Waals surface area contributed by atoms with Crippen molar-refractivity contribution >= 4 is 0 Å². The Bertz CT molecular complexity index is 390. The van der Waals surface area contributed by atoms with Crippen molar-refractivity contribution in [1.29, 1.82) is 0 Å². The summed E-state index contributed by atoms with van der Waals surface area (Å²) >= 11 is 0. The lowest BCUT2D eigenvalue weighted by atomic mass is 9.97. The highest BCUT2D eigenvalue weighted by atomic mass is 16.5. The normalized spacial score (nSPS) is 26.1. The number of piperidine rings is 1. The van der Waals surface area contributed by atoms with Crippen molar-refractivity contribution in [2.75, 3.05) is 20.7 Å². The van der Waals surface area contributed by atoms with Crippen molar-refractivity contribution < 1.29 is 4.74 Å². The Morgan fingerprint density at radius 1 is 1.32 bits per heavy atom. The fraction of sp³-hybridized carbons (Fsp3) is 0.625. The van der Waals surface area contributed by atoms with Gasteiger partial charge in [-0.15, -0.1) is 0 Å². The monoisotopic (exact) mass is 262 g/mol. The smallest absolute Gasteiger partial charge is 0.118 e. The highest BCUT2D eigenvalue weighted by Crippen LogP contribution is 2.21. The largest absolute Gasteiger partial charge is 0.497 e. The number of methoxy groups -OCH3 is 1. The minimum atomic E-state index is 0.395. The van der Waals surface area contributed by atoms with Gasteiger partial charge >= 0.3 is 0 Å². The number of benzene rings is 1. The second-order valence-corrected chi connectivity index (χ2v) is 5.71. The van der Waals surface area contributed by atoms with E-state index in [0.717, 1.165) is 5.75 Å². The van der Waals surface area contributed by atoms with Crippen molar-refractivity contribution in [3.63, 3.8) is 0 Å². The van der Waals surface area contributed by atoms with E-state index in [4.69, 9.17) is 4.74 Å². The highest BCUT2D eigenvalue weighted by Gasteiger charge is 2.23. The molecule has 1 aromatic rings. The molecule has 0 saturated carbocycles. The maximum Gasteiger partial charge on any atom is 0.118 e. The zero-order valence-corrected chi connectivity index (χ0v) is 12.5. The zero-order valence-electron chi connectivity index (χ0n) is 12.5. The average molecular weight is 262 g/mol. The molecule has 1 aliphatic rings. The molecule has 1 heterocycles. The SMILES string of the molecule is COc1ccc([C@@H](C)NC2CCN(C)C(C)C2)cc1. The summed E-state index contributed by atoms with van der Waals surface area (Å²) in [5.74, 6) is 0.920. The van der Waals surface area contributed by atoms with E-state index < -0.39 is 0 Å². The van der Waals surface area contributed by atoms with Crippen LogP contribution in [0.2, 0.25) is 0 Å². The predicted octanol–water partition coefficient (Wildman–Crippen LogP) is 2.83. The van der Waals surface area contributed by atoms with Gasteiger partial charge in [0.25, 0.3) is 0 Å². The summed E-state index contributed by atoms with van der Waals surface area (Å²) in [5, 5.41) is 3.76. The van der Waals surface area contributed by atoms with Gasteiger partial charge in [0.05, 0.1) is 7.11 Å². The molecule has 1 aliphatic heterocycles. The minimum absolute atomic E-state index is 0.395. The van der Waals surface area contributed by atoms with Crippen LogP contribution in [0.3, 0.4) is 0 Å². The number of nitrogens with zero attached hydrogens (tertiary/aromatic N) is 1. The number of hydrogen-bond donors (Lipinski definition) is 1. The summed E-state index contributed by atoms with van der Waals surface area (Å²) in [6.07, 6.45) is 2.47. The average Bonchev–Trinajstić information content (AvgIpc) is 2.43. The first-order chi connectivity index (χ1) is 9.10. The lowest BCUT2D eigenvalue weighted by molar-refractivity contribution is 0.163. The van der Waals surface area contributed by atoms with E-state index in [9.17, 15) is 0 Å². The van der Waals surface area contributed by atoms with Crippen LogP contribution >= 0.6 is 0 Å². The molecule has 1 saturated heterocycles. The fourth-order valence-electron chi connectivity index (χ4n) is 2.78. The molecule has 1 fully saturated rings. The van der Waals surface area contributed by atoms with E-state index >= 15 is 0 Å². The first-order valence-corrected chi connectivity index (χ1v) is 7.20. The van der Waals surface area contributed by atoms with E-state index in [2.05, 4.69) is 43.2 Å². The number of likely N-dealkylation sites (tertiary alicyclic amines) is 1. The fourth-order valence-corrected chi connectivity index (χ4v) is 2.78. The van der Waals surface area contributed by atoms with Gasteiger partial charge in [-0.3, -0.25) is 0 Å². The third-order valence-corrected chi connectivity index (χ3v) is 4.31. The van der Waals surface area contributed by atoms with E-state index in [0.29, 0.717) is 18.1 Å². The van der Waals surface area contributed by atoms with Crippen LogP contribution in [0.5, 0.6) is 5.75 Å². The number of hydrogen-bond acceptors (Lipinski definition) is 3. The molecule has 1 aromatic carbocycles. The van der Waals surface area contributed by atoms with Gasteiger partial charge in [0.2, 0.25) is 0 Å². The Kier molecular flexibility index (Phi) is 4.83. The molecule has 3 atom stereocenters. The molecule has 0 bridgehead atoms. The third-order valence-electron chi connectivity index (χ3n) is 4.31. The minimum Gasteiger partial charge on any atom is -0.497 e. The first-order valence-electron chi connectivity index (χ1n) is 7.20. The summed E-state index contributed by atoms with van der Waals surface area (Å²) in [7, 11) is 3.92. The molecule has 3 heteroatoms. The van der Waals surface area contributed by atoms with Gasteiger partial charge in [0.1, 0.15) is 5.75 Å². The Morgan fingerprint density at radius 2 is 2.00 bits per heavy atom. The van der Waals surface area contributed by atoms with Crippen LogP contribution in [-0.2, 0) is 0 Å². The number of rotatable bonds is 4. The van der Waals surface area contributed by atoms with Crippen LogP contribution in [0, 0.1) is 0 Å². The predicted molar refractivity (Wildman–Crippen MR) is 79.7 cm³/mol. The Balaban J connectivity index is 1.91. The van der Waals surface area contributed by atoms with E-state index in [1.807, 2.05) is 12.1 Å². The molecular weight excluding hydrogens is 236 g/mol. The molecule has 3 nitrogen and oxygen atoms in total. The Morgan fingerprint density at radius 3 is 2.58 bits per heavy atom. The highest BCUT2D eigenvalue weighted by molar-refractivity contribution is 5.28. The second-order valence-electron chi connectivity index (χ2n) is 5.71. The quantitative estimate of drug-likeness (QED) is 0.903. The van der Waals surface area contributed by atoms with Gasteiger partial charge in [-0.2, -0.15) is 0 Å². The van der Waals surface area contributed by atoms with Crippen LogP contribution in [0.25, 0.3) is 0 Å². The third kappa shape index (κ3) is 3.71. The van der Waals surface area contributed by atoms with Gasteiger partial charge in [-0.25, -0.2) is 0 Å². The van der Waals surface area contributed by atoms with Gasteiger partial charge in [0.15, 0.2) is 0 Å². The molecule has 19 heavy (non-hydrogen) atoms. The molecule has 2 unspecified atom stereocenters. The summed E-state index contributed by atoms with van der Waals surface area (Å²) < 4.78 is 5.20. The van der Waals surface area contributed by atoms with Crippen molar-refractivity contribution in [2.24, 2.45) is 0 Å². The van der Waals surface area contributed by atoms with Gasteiger partial charge in [-0.05, 0) is 58.0 Å². The van der Waals surface area contributed by atoms with Crippen molar-refractivity contribution in [3.05, 3.63) is 29.8 Å². The maximum absolute atomic E-state index is 5.20. The van der Waals surface area contributed by atoms with Crippen LogP contribution in [-0.4, -0.2) is 37.7 Å². The molecule has 0 radical (unpaired) electrons. The van der Waals surface area contributed by atoms with Crippen LogP contribution in [0.4, 0.5) is 0 Å². The molecule has 106 valence electrons. The summed E-state index contributed by atoms with van der Waals surface area (Å²) in [5.41, 5.74) is 1.33. The summed E-state index contributed by atoms with van der Waals surface area (Å²) in [6, 6.07) is 10.1. The Hall–Kier alpha value is -1.06. The topological polar surface area (TPSA) is 24.5 Å².